The lowest BCUT2D eigenvalue weighted by Crippen LogP contribution is -2.30. The normalized spacial score (nSPS) is 8.91. The van der Waals surface area contributed by atoms with Crippen LogP contribution in [-0.4, -0.2) is 31.3 Å². The highest BCUT2D eigenvalue weighted by Gasteiger charge is 2.02. The summed E-state index contributed by atoms with van der Waals surface area (Å²) in [6, 6.07) is 0. The Balaban J connectivity index is 3.38. The molecular formula is C6H11NO3S. The van der Waals surface area contributed by atoms with Crippen LogP contribution in [0.15, 0.2) is 0 Å². The third-order valence-electron chi connectivity index (χ3n) is 0.996. The summed E-state index contributed by atoms with van der Waals surface area (Å²) in [4.78, 5) is 21.2. The van der Waals surface area contributed by atoms with E-state index in [-0.39, 0.29) is 12.5 Å². The molecule has 0 saturated carbocycles. The minimum atomic E-state index is -0.447. The highest BCUT2D eigenvalue weighted by atomic mass is 32.1. The van der Waals surface area contributed by atoms with Crippen molar-refractivity contribution in [2.45, 2.75) is 6.42 Å². The molecule has 1 amide bonds. The van der Waals surface area contributed by atoms with Crippen LogP contribution in [0.25, 0.3) is 0 Å². The second-order valence-corrected chi connectivity index (χ2v) is 2.27. The predicted octanol–water partition coefficient (Wildman–Crippen LogP) is -0.405. The number of rotatable bonds is 4. The molecule has 0 aliphatic carbocycles. The predicted molar refractivity (Wildman–Crippen MR) is 43.5 cm³/mol. The molecule has 5 heteroatoms. The van der Waals surface area contributed by atoms with Crippen molar-refractivity contribution in [3.05, 3.63) is 0 Å². The van der Waals surface area contributed by atoms with E-state index >= 15 is 0 Å². The van der Waals surface area contributed by atoms with Gasteiger partial charge in [0.05, 0.1) is 7.11 Å². The lowest BCUT2D eigenvalue weighted by molar-refractivity contribution is -0.141. The van der Waals surface area contributed by atoms with Gasteiger partial charge in [-0.2, -0.15) is 12.6 Å². The highest BCUT2D eigenvalue weighted by Crippen LogP contribution is 1.82. The molecule has 0 saturated heterocycles. The lowest BCUT2D eigenvalue weighted by atomic mass is 10.4. The van der Waals surface area contributed by atoms with E-state index in [1.165, 1.54) is 7.11 Å². The highest BCUT2D eigenvalue weighted by molar-refractivity contribution is 7.80. The summed E-state index contributed by atoms with van der Waals surface area (Å²) in [5.41, 5.74) is 0. The van der Waals surface area contributed by atoms with E-state index < -0.39 is 5.97 Å². The van der Waals surface area contributed by atoms with E-state index in [1.807, 2.05) is 0 Å². The van der Waals surface area contributed by atoms with Crippen molar-refractivity contribution in [3.8, 4) is 0 Å². The third kappa shape index (κ3) is 5.72. The molecule has 0 atom stereocenters. The molecule has 11 heavy (non-hydrogen) atoms. The Morgan fingerprint density at radius 3 is 2.64 bits per heavy atom. The number of carbonyl (C=O) groups excluding carboxylic acids is 2. The van der Waals surface area contributed by atoms with E-state index in [0.29, 0.717) is 12.2 Å². The molecule has 0 fully saturated rings. The van der Waals surface area contributed by atoms with Gasteiger partial charge >= 0.3 is 5.97 Å². The molecule has 0 rings (SSSR count). The van der Waals surface area contributed by atoms with Crippen LogP contribution in [0.2, 0.25) is 0 Å². The van der Waals surface area contributed by atoms with Gasteiger partial charge in [0, 0.05) is 6.42 Å². The van der Waals surface area contributed by atoms with Crippen molar-refractivity contribution < 1.29 is 14.3 Å². The van der Waals surface area contributed by atoms with Crippen LogP contribution in [0.1, 0.15) is 6.42 Å². The molecule has 1 N–H and O–H groups in total. The fourth-order valence-corrected chi connectivity index (χ4v) is 0.636. The first-order valence-electron chi connectivity index (χ1n) is 3.15. The van der Waals surface area contributed by atoms with E-state index in [1.54, 1.807) is 0 Å². The van der Waals surface area contributed by atoms with Gasteiger partial charge in [0.1, 0.15) is 6.54 Å². The summed E-state index contributed by atoms with van der Waals surface area (Å²) >= 11 is 3.85. The van der Waals surface area contributed by atoms with Crippen molar-refractivity contribution in [3.63, 3.8) is 0 Å². The maximum absolute atomic E-state index is 10.7. The van der Waals surface area contributed by atoms with Gasteiger partial charge in [0.25, 0.3) is 0 Å². The quantitative estimate of drug-likeness (QED) is 0.453. The molecule has 0 aromatic carbocycles. The zero-order chi connectivity index (χ0) is 8.69. The van der Waals surface area contributed by atoms with Gasteiger partial charge in [-0.1, -0.05) is 0 Å². The standard InChI is InChI=1S/C6H11NO3S/c1-10-6(9)4-7-5(8)2-3-11/h11H,2-4H2,1H3,(H,7,8). The summed E-state index contributed by atoms with van der Waals surface area (Å²) < 4.78 is 4.31. The van der Waals surface area contributed by atoms with Gasteiger partial charge in [-0.25, -0.2) is 0 Å². The van der Waals surface area contributed by atoms with Crippen LogP contribution in [0.5, 0.6) is 0 Å². The molecule has 0 aromatic heterocycles. The first-order valence-corrected chi connectivity index (χ1v) is 3.78. The molecule has 0 bridgehead atoms. The number of ether oxygens (including phenoxy) is 1. The third-order valence-corrected chi connectivity index (χ3v) is 1.22. The number of thiol groups is 1. The molecule has 0 aliphatic heterocycles. The monoisotopic (exact) mass is 177 g/mol. The van der Waals surface area contributed by atoms with E-state index in [4.69, 9.17) is 0 Å². The van der Waals surface area contributed by atoms with Gasteiger partial charge in [0.15, 0.2) is 0 Å². The van der Waals surface area contributed by atoms with Gasteiger partial charge in [0.2, 0.25) is 5.91 Å². The van der Waals surface area contributed by atoms with E-state index in [9.17, 15) is 9.59 Å². The first kappa shape index (κ1) is 10.3. The second-order valence-electron chi connectivity index (χ2n) is 1.83. The van der Waals surface area contributed by atoms with Crippen LogP contribution < -0.4 is 5.32 Å². The average Bonchev–Trinajstić information content (AvgIpc) is 2.01. The van der Waals surface area contributed by atoms with Crippen molar-refractivity contribution in [1.29, 1.82) is 0 Å². The minimum Gasteiger partial charge on any atom is -0.468 e. The van der Waals surface area contributed by atoms with Gasteiger partial charge in [-0.3, -0.25) is 9.59 Å². The second kappa shape index (κ2) is 6.03. The van der Waals surface area contributed by atoms with Crippen LogP contribution in [0.3, 0.4) is 0 Å². The molecule has 0 heterocycles. The average molecular weight is 177 g/mol. The smallest absolute Gasteiger partial charge is 0.325 e. The lowest BCUT2D eigenvalue weighted by Gasteiger charge is -2.00. The number of methoxy groups -OCH3 is 1. The zero-order valence-corrected chi connectivity index (χ0v) is 7.19. The number of esters is 1. The van der Waals surface area contributed by atoms with Crippen LogP contribution in [0.4, 0.5) is 0 Å². The molecular weight excluding hydrogens is 166 g/mol. The molecule has 4 nitrogen and oxygen atoms in total. The Hall–Kier alpha value is -0.710. The molecule has 0 unspecified atom stereocenters. The Bertz CT molecular complexity index is 149. The Morgan fingerprint density at radius 1 is 1.55 bits per heavy atom. The largest absolute Gasteiger partial charge is 0.468 e. The molecule has 0 aliphatic rings. The van der Waals surface area contributed by atoms with Crippen molar-refractivity contribution in [2.24, 2.45) is 0 Å². The van der Waals surface area contributed by atoms with Crippen molar-refractivity contribution >= 4 is 24.5 Å². The molecule has 0 radical (unpaired) electrons. The topological polar surface area (TPSA) is 55.4 Å². The summed E-state index contributed by atoms with van der Waals surface area (Å²) in [5, 5.41) is 2.37. The molecule has 64 valence electrons. The Labute approximate surface area is 70.7 Å². The van der Waals surface area contributed by atoms with Crippen molar-refractivity contribution in [2.75, 3.05) is 19.4 Å². The maximum Gasteiger partial charge on any atom is 0.325 e. The first-order chi connectivity index (χ1) is 5.20. The number of hydrogen-bond acceptors (Lipinski definition) is 4. The van der Waals surface area contributed by atoms with E-state index in [0.717, 1.165) is 0 Å². The van der Waals surface area contributed by atoms with E-state index in [2.05, 4.69) is 22.7 Å². The molecule has 0 spiro atoms. The fourth-order valence-electron chi connectivity index (χ4n) is 0.433. The Morgan fingerprint density at radius 2 is 2.18 bits per heavy atom. The van der Waals surface area contributed by atoms with Crippen LogP contribution >= 0.6 is 12.6 Å². The molecule has 0 aromatic rings. The number of amides is 1. The summed E-state index contributed by atoms with van der Waals surface area (Å²) in [5.74, 6) is -0.157. The number of hydrogen-bond donors (Lipinski definition) is 2. The number of nitrogens with one attached hydrogen (secondary N) is 1. The summed E-state index contributed by atoms with van der Waals surface area (Å²) in [6.45, 7) is -0.0664. The fraction of sp³-hybridized carbons (Fsp3) is 0.667. The van der Waals surface area contributed by atoms with Crippen molar-refractivity contribution in [1.82, 2.24) is 5.32 Å². The van der Waals surface area contributed by atoms with Crippen LogP contribution in [0, 0.1) is 0 Å². The SMILES string of the molecule is COC(=O)CNC(=O)CCS. The summed E-state index contributed by atoms with van der Waals surface area (Å²) in [6.07, 6.45) is 0.320. The van der Waals surface area contributed by atoms with Gasteiger partial charge in [-0.05, 0) is 5.75 Å². The summed E-state index contributed by atoms with van der Waals surface area (Å²) in [7, 11) is 1.27. The van der Waals surface area contributed by atoms with Gasteiger partial charge < -0.3 is 10.1 Å². The van der Waals surface area contributed by atoms with Gasteiger partial charge in [-0.15, -0.1) is 0 Å². The maximum atomic E-state index is 10.7. The Kier molecular flexibility index (Phi) is 5.64. The minimum absolute atomic E-state index is 0.0664. The van der Waals surface area contributed by atoms with Crippen LogP contribution in [-0.2, 0) is 14.3 Å². The number of carbonyl (C=O) groups is 2. The zero-order valence-electron chi connectivity index (χ0n) is 6.29.